The second-order valence-electron chi connectivity index (χ2n) is 8.58. The average Bonchev–Trinajstić information content (AvgIpc) is 2.75. The number of benzene rings is 1. The minimum Gasteiger partial charge on any atom is -0.319 e. The van der Waals surface area contributed by atoms with E-state index in [0.29, 0.717) is 25.9 Å². The highest BCUT2D eigenvalue weighted by atomic mass is 16.2. The van der Waals surface area contributed by atoms with E-state index in [0.717, 1.165) is 28.7 Å². The molecule has 1 amide bonds. The Morgan fingerprint density at radius 2 is 1.82 bits per heavy atom. The van der Waals surface area contributed by atoms with Gasteiger partial charge in [-0.2, -0.15) is 0 Å². The summed E-state index contributed by atoms with van der Waals surface area (Å²) in [7, 11) is 1.85. The standard InChI is InChI=1S/C20H22N2O.C6H12O.C3H6/c1-4-8-18-15-22(20(23)13-14-21-3)19-10-7-6-9-17(19)12-11-16(18)5-2;1-6(2,3)4-5-7;1-3-2/h4-10,21H,2,13-15H2,1,3H3;5H,4H2,1-3H3;3H,1H2,2H3/b8-4-,18-16-;;. The molecule has 0 saturated heterocycles. The summed E-state index contributed by atoms with van der Waals surface area (Å²) in [6.45, 7) is 18.3. The van der Waals surface area contributed by atoms with E-state index in [-0.39, 0.29) is 11.3 Å². The summed E-state index contributed by atoms with van der Waals surface area (Å²) in [6, 6.07) is 7.78. The molecule has 0 saturated carbocycles. The van der Waals surface area contributed by atoms with Crippen LogP contribution in [0.5, 0.6) is 0 Å². The van der Waals surface area contributed by atoms with Gasteiger partial charge in [0.05, 0.1) is 12.2 Å². The van der Waals surface area contributed by atoms with E-state index in [1.54, 1.807) is 12.2 Å². The molecule has 0 spiro atoms. The molecule has 1 aromatic carbocycles. The number of rotatable bonds is 6. The number of fused-ring (bicyclic) bond motifs is 1. The molecule has 1 aliphatic rings. The van der Waals surface area contributed by atoms with Gasteiger partial charge in [0.15, 0.2) is 0 Å². The van der Waals surface area contributed by atoms with Gasteiger partial charge in [0.2, 0.25) is 5.91 Å². The van der Waals surface area contributed by atoms with Crippen molar-refractivity contribution >= 4 is 17.9 Å². The molecule has 0 unspecified atom stereocenters. The molecular formula is C29H40N2O2. The molecule has 1 aromatic rings. The quantitative estimate of drug-likeness (QED) is 0.336. The fourth-order valence-electron chi connectivity index (χ4n) is 2.74. The van der Waals surface area contributed by atoms with E-state index in [2.05, 4.69) is 30.3 Å². The van der Waals surface area contributed by atoms with E-state index < -0.39 is 0 Å². The van der Waals surface area contributed by atoms with Gasteiger partial charge in [0, 0.05) is 30.5 Å². The van der Waals surface area contributed by atoms with Crippen LogP contribution in [0, 0.1) is 17.3 Å². The smallest absolute Gasteiger partial charge is 0.228 e. The summed E-state index contributed by atoms with van der Waals surface area (Å²) in [6.07, 6.45) is 9.53. The zero-order valence-electron chi connectivity index (χ0n) is 21.2. The third kappa shape index (κ3) is 11.9. The first-order valence-corrected chi connectivity index (χ1v) is 11.2. The summed E-state index contributed by atoms with van der Waals surface area (Å²) in [5, 5.41) is 3.03. The van der Waals surface area contributed by atoms with Gasteiger partial charge >= 0.3 is 0 Å². The van der Waals surface area contributed by atoms with Gasteiger partial charge in [-0.15, -0.1) is 6.58 Å². The van der Waals surface area contributed by atoms with Crippen molar-refractivity contribution in [3.05, 3.63) is 78.4 Å². The molecule has 2 rings (SSSR count). The van der Waals surface area contributed by atoms with Gasteiger partial charge in [0.1, 0.15) is 6.29 Å². The Labute approximate surface area is 201 Å². The predicted molar refractivity (Wildman–Crippen MR) is 142 cm³/mol. The minimum atomic E-state index is 0.0842. The SMILES string of the molecule is C=C/C1=C(\C=C/C)CN(C(=O)CCNC)c2ccccc2C#C1.C=CC.CC(C)(C)CC=O. The monoisotopic (exact) mass is 448 g/mol. The molecule has 0 fully saturated rings. The van der Waals surface area contributed by atoms with Crippen molar-refractivity contribution in [1.29, 1.82) is 0 Å². The number of carbonyl (C=O) groups is 2. The predicted octanol–water partition coefficient (Wildman–Crippen LogP) is 5.87. The minimum absolute atomic E-state index is 0.0842. The Kier molecular flexibility index (Phi) is 14.9. The molecule has 33 heavy (non-hydrogen) atoms. The van der Waals surface area contributed by atoms with E-state index in [1.807, 2.05) is 83.0 Å². The van der Waals surface area contributed by atoms with Crippen molar-refractivity contribution in [1.82, 2.24) is 5.32 Å². The highest BCUT2D eigenvalue weighted by molar-refractivity contribution is 5.95. The van der Waals surface area contributed by atoms with Gasteiger partial charge in [-0.1, -0.05) is 75.6 Å². The molecule has 0 atom stereocenters. The maximum Gasteiger partial charge on any atom is 0.228 e. The van der Waals surface area contributed by atoms with Gasteiger partial charge in [-0.05, 0) is 44.0 Å². The highest BCUT2D eigenvalue weighted by Crippen LogP contribution is 2.25. The molecule has 4 heteroatoms. The van der Waals surface area contributed by atoms with Crippen LogP contribution < -0.4 is 10.2 Å². The molecule has 1 heterocycles. The Morgan fingerprint density at radius 1 is 1.18 bits per heavy atom. The Bertz CT molecular complexity index is 906. The number of hydrogen-bond acceptors (Lipinski definition) is 3. The molecular weight excluding hydrogens is 408 g/mol. The highest BCUT2D eigenvalue weighted by Gasteiger charge is 2.20. The van der Waals surface area contributed by atoms with Gasteiger partial charge in [0.25, 0.3) is 0 Å². The number of carbonyl (C=O) groups excluding carboxylic acids is 2. The lowest BCUT2D eigenvalue weighted by molar-refractivity contribution is -0.118. The maximum absolute atomic E-state index is 12.7. The first kappa shape index (κ1) is 29.8. The van der Waals surface area contributed by atoms with Gasteiger partial charge < -0.3 is 15.0 Å². The molecule has 0 radical (unpaired) electrons. The van der Waals surface area contributed by atoms with Crippen molar-refractivity contribution in [2.75, 3.05) is 25.0 Å². The zero-order chi connectivity index (χ0) is 25.3. The number of aldehydes is 1. The van der Waals surface area contributed by atoms with Crippen molar-refractivity contribution in [3.8, 4) is 11.8 Å². The molecule has 0 aliphatic carbocycles. The lowest BCUT2D eigenvalue weighted by atomic mass is 9.93. The van der Waals surface area contributed by atoms with Crippen LogP contribution in [0.15, 0.2) is 72.9 Å². The third-order valence-electron chi connectivity index (χ3n) is 4.36. The second kappa shape index (κ2) is 16.5. The number of hydrogen-bond donors (Lipinski definition) is 1. The summed E-state index contributed by atoms with van der Waals surface area (Å²) in [5.41, 5.74) is 3.78. The van der Waals surface area contributed by atoms with E-state index in [9.17, 15) is 9.59 Å². The average molecular weight is 449 g/mol. The first-order valence-electron chi connectivity index (χ1n) is 11.2. The summed E-state index contributed by atoms with van der Waals surface area (Å²) >= 11 is 0. The topological polar surface area (TPSA) is 49.4 Å². The van der Waals surface area contributed by atoms with Crippen molar-refractivity contribution in [3.63, 3.8) is 0 Å². The molecule has 0 aromatic heterocycles. The summed E-state index contributed by atoms with van der Waals surface area (Å²) < 4.78 is 0. The lowest BCUT2D eigenvalue weighted by Crippen LogP contribution is -2.35. The van der Waals surface area contributed by atoms with E-state index in [4.69, 9.17) is 0 Å². The number of amides is 1. The fraction of sp³-hybridized carbons (Fsp3) is 0.379. The molecule has 4 nitrogen and oxygen atoms in total. The van der Waals surface area contributed by atoms with Crippen LogP contribution >= 0.6 is 0 Å². The van der Waals surface area contributed by atoms with Crippen LogP contribution in [0.1, 0.15) is 53.0 Å². The number of nitrogens with zero attached hydrogens (tertiary/aromatic N) is 1. The van der Waals surface area contributed by atoms with Crippen molar-refractivity contribution in [2.24, 2.45) is 5.41 Å². The van der Waals surface area contributed by atoms with Crippen LogP contribution in [0.4, 0.5) is 5.69 Å². The normalized spacial score (nSPS) is 14.7. The Morgan fingerprint density at radius 3 is 2.30 bits per heavy atom. The van der Waals surface area contributed by atoms with Crippen LogP contribution in [-0.4, -0.2) is 32.3 Å². The van der Waals surface area contributed by atoms with Gasteiger partial charge in [-0.25, -0.2) is 0 Å². The Hall–Kier alpha value is -3.16. The van der Waals surface area contributed by atoms with Crippen molar-refractivity contribution in [2.45, 2.75) is 47.5 Å². The van der Waals surface area contributed by atoms with E-state index in [1.165, 1.54) is 0 Å². The lowest BCUT2D eigenvalue weighted by Gasteiger charge is -2.26. The molecule has 0 bridgehead atoms. The molecule has 1 aliphatic heterocycles. The van der Waals surface area contributed by atoms with Crippen LogP contribution in [0.2, 0.25) is 0 Å². The summed E-state index contributed by atoms with van der Waals surface area (Å²) in [5.74, 6) is 6.43. The summed E-state index contributed by atoms with van der Waals surface area (Å²) in [4.78, 5) is 24.3. The number of para-hydroxylation sites is 1. The number of anilines is 1. The Balaban J connectivity index is 0.000000863. The van der Waals surface area contributed by atoms with E-state index >= 15 is 0 Å². The largest absolute Gasteiger partial charge is 0.319 e. The number of nitrogens with one attached hydrogen (secondary N) is 1. The molecule has 1 N–H and O–H groups in total. The third-order valence-corrected chi connectivity index (χ3v) is 4.36. The van der Waals surface area contributed by atoms with Crippen molar-refractivity contribution < 1.29 is 9.59 Å². The van der Waals surface area contributed by atoms with Crippen LogP contribution in [0.3, 0.4) is 0 Å². The van der Waals surface area contributed by atoms with Crippen LogP contribution in [0.25, 0.3) is 0 Å². The maximum atomic E-state index is 12.7. The second-order valence-corrected chi connectivity index (χ2v) is 8.58. The first-order chi connectivity index (χ1) is 15.7. The zero-order valence-corrected chi connectivity index (χ0v) is 21.2. The van der Waals surface area contributed by atoms with Gasteiger partial charge in [-0.3, -0.25) is 4.79 Å². The number of allylic oxidation sites excluding steroid dienone is 4. The fourth-order valence-corrected chi connectivity index (χ4v) is 2.74. The molecule has 178 valence electrons. The van der Waals surface area contributed by atoms with Crippen LogP contribution in [-0.2, 0) is 9.59 Å².